The second-order valence-corrected chi connectivity index (χ2v) is 6.60. The highest BCUT2D eigenvalue weighted by atomic mass is 32.2. The van der Waals surface area contributed by atoms with Crippen molar-refractivity contribution in [3.8, 4) is 0 Å². The molecule has 0 spiro atoms. The summed E-state index contributed by atoms with van der Waals surface area (Å²) in [5.41, 5.74) is 4.81. The topological polar surface area (TPSA) is 55.1 Å². The van der Waals surface area contributed by atoms with Gasteiger partial charge in [-0.25, -0.2) is 4.98 Å². The van der Waals surface area contributed by atoms with E-state index >= 15 is 0 Å². The Morgan fingerprint density at radius 3 is 2.83 bits per heavy atom. The van der Waals surface area contributed by atoms with Crippen LogP contribution in [-0.4, -0.2) is 16.6 Å². The van der Waals surface area contributed by atoms with Gasteiger partial charge in [0.15, 0.2) is 5.58 Å². The van der Waals surface area contributed by atoms with Crippen LogP contribution in [0.5, 0.6) is 0 Å². The third kappa shape index (κ3) is 3.79. The zero-order chi connectivity index (χ0) is 16.9. The number of thioether (sulfide) groups is 1. The molecule has 3 rings (SSSR count). The fourth-order valence-corrected chi connectivity index (χ4v) is 3.32. The largest absolute Gasteiger partial charge is 0.431 e. The maximum Gasteiger partial charge on any atom is 0.256 e. The Balaban J connectivity index is 1.56. The van der Waals surface area contributed by atoms with Gasteiger partial charge in [-0.15, -0.1) is 0 Å². The lowest BCUT2D eigenvalue weighted by atomic mass is 10.1. The summed E-state index contributed by atoms with van der Waals surface area (Å²) in [6, 6.07) is 13.7. The molecule has 0 bridgehead atoms. The van der Waals surface area contributed by atoms with Gasteiger partial charge in [-0.05, 0) is 36.6 Å². The molecule has 3 aromatic rings. The molecule has 0 unspecified atom stereocenters. The van der Waals surface area contributed by atoms with E-state index in [4.69, 9.17) is 4.42 Å². The third-order valence-corrected chi connectivity index (χ3v) is 4.66. The summed E-state index contributed by atoms with van der Waals surface area (Å²) >= 11 is 1.46. The van der Waals surface area contributed by atoms with Gasteiger partial charge in [0.05, 0.1) is 0 Å². The van der Waals surface area contributed by atoms with Crippen molar-refractivity contribution in [2.75, 3.05) is 11.1 Å². The summed E-state index contributed by atoms with van der Waals surface area (Å²) < 4.78 is 5.64. The van der Waals surface area contributed by atoms with E-state index in [9.17, 15) is 4.79 Å². The lowest BCUT2D eigenvalue weighted by Gasteiger charge is -2.12. The molecular weight excluding hydrogens is 320 g/mol. The first-order valence-electron chi connectivity index (χ1n) is 8.04. The molecule has 0 radical (unpaired) electrons. The van der Waals surface area contributed by atoms with Crippen LogP contribution < -0.4 is 5.32 Å². The van der Waals surface area contributed by atoms with Gasteiger partial charge in [-0.1, -0.05) is 49.0 Å². The van der Waals surface area contributed by atoms with Crippen molar-refractivity contribution in [1.29, 1.82) is 0 Å². The van der Waals surface area contributed by atoms with Gasteiger partial charge in [-0.2, -0.15) is 0 Å². The second kappa shape index (κ2) is 7.53. The minimum absolute atomic E-state index is 0.0163. The first-order chi connectivity index (χ1) is 11.7. The van der Waals surface area contributed by atoms with Crippen molar-refractivity contribution < 1.29 is 9.21 Å². The Morgan fingerprint density at radius 1 is 1.21 bits per heavy atom. The second-order valence-electron chi connectivity index (χ2n) is 5.56. The Labute approximate surface area is 145 Å². The van der Waals surface area contributed by atoms with Crippen molar-refractivity contribution in [1.82, 2.24) is 4.98 Å². The molecule has 1 aromatic heterocycles. The zero-order valence-corrected chi connectivity index (χ0v) is 14.7. The van der Waals surface area contributed by atoms with Gasteiger partial charge in [0.25, 0.3) is 5.22 Å². The van der Waals surface area contributed by atoms with Crippen LogP contribution in [0.1, 0.15) is 24.5 Å². The number of oxazole rings is 1. The van der Waals surface area contributed by atoms with Crippen molar-refractivity contribution in [3.63, 3.8) is 0 Å². The number of benzene rings is 2. The zero-order valence-electron chi connectivity index (χ0n) is 13.8. The average Bonchev–Trinajstić information content (AvgIpc) is 2.99. The highest BCUT2D eigenvalue weighted by molar-refractivity contribution is 7.99. The average molecular weight is 340 g/mol. The molecule has 1 amide bonds. The predicted octanol–water partition coefficient (Wildman–Crippen LogP) is 4.82. The van der Waals surface area contributed by atoms with Crippen LogP contribution >= 0.6 is 11.8 Å². The van der Waals surface area contributed by atoms with Crippen molar-refractivity contribution in [3.05, 3.63) is 53.6 Å². The van der Waals surface area contributed by atoms with Gasteiger partial charge < -0.3 is 9.73 Å². The molecular formula is C19H20N2O2S. The Morgan fingerprint density at radius 2 is 2.04 bits per heavy atom. The number of aromatic nitrogens is 1. The molecule has 0 saturated carbocycles. The fourth-order valence-electron chi connectivity index (χ4n) is 2.55. The first kappa shape index (κ1) is 16.6. The maximum absolute atomic E-state index is 12.2. The van der Waals surface area contributed by atoms with Gasteiger partial charge >= 0.3 is 0 Å². The summed E-state index contributed by atoms with van der Waals surface area (Å²) in [6.07, 6.45) is 1.32. The molecule has 0 aliphatic carbocycles. The third-order valence-electron chi connectivity index (χ3n) is 3.83. The number of nitrogens with zero attached hydrogens (tertiary/aromatic N) is 1. The van der Waals surface area contributed by atoms with E-state index in [-0.39, 0.29) is 5.91 Å². The van der Waals surface area contributed by atoms with Crippen LogP contribution in [0.15, 0.2) is 52.1 Å². The van der Waals surface area contributed by atoms with E-state index in [1.165, 1.54) is 11.8 Å². The van der Waals surface area contributed by atoms with Crippen LogP contribution in [0.2, 0.25) is 0 Å². The first-order valence-corrected chi connectivity index (χ1v) is 9.02. The standard InChI is InChI=1S/C19H20N2O2S/c1-3-14-8-6-7-13(2)18(14)21-17(22)11-12-24-19-20-15-9-4-5-10-16(15)23-19/h4-10H,3,11-12H2,1-2H3,(H,21,22). The Bertz CT molecular complexity index is 824. The molecule has 0 aliphatic heterocycles. The van der Waals surface area contributed by atoms with E-state index < -0.39 is 0 Å². The van der Waals surface area contributed by atoms with Gasteiger partial charge in [0, 0.05) is 17.9 Å². The van der Waals surface area contributed by atoms with Gasteiger partial charge in [0.2, 0.25) is 5.91 Å². The number of fused-ring (bicyclic) bond motifs is 1. The molecule has 0 atom stereocenters. The number of hydrogen-bond acceptors (Lipinski definition) is 4. The van der Waals surface area contributed by atoms with Crippen molar-refractivity contribution >= 4 is 34.5 Å². The lowest BCUT2D eigenvalue weighted by molar-refractivity contribution is -0.115. The number of nitrogens with one attached hydrogen (secondary N) is 1. The van der Waals surface area contributed by atoms with E-state index in [1.807, 2.05) is 43.3 Å². The highest BCUT2D eigenvalue weighted by Gasteiger charge is 2.10. The number of amides is 1. The van der Waals surface area contributed by atoms with Crippen molar-refractivity contribution in [2.45, 2.75) is 31.9 Å². The summed E-state index contributed by atoms with van der Waals surface area (Å²) in [6.45, 7) is 4.11. The Hall–Kier alpha value is -2.27. The van der Waals surface area contributed by atoms with Crippen LogP contribution in [0, 0.1) is 6.92 Å². The molecule has 24 heavy (non-hydrogen) atoms. The number of carbonyl (C=O) groups is 1. The summed E-state index contributed by atoms with van der Waals surface area (Å²) in [5.74, 6) is 0.647. The molecule has 4 nitrogen and oxygen atoms in total. The summed E-state index contributed by atoms with van der Waals surface area (Å²) in [4.78, 5) is 16.6. The maximum atomic E-state index is 12.2. The van der Waals surface area contributed by atoms with Crippen molar-refractivity contribution in [2.24, 2.45) is 0 Å². The smallest absolute Gasteiger partial charge is 0.256 e. The van der Waals surface area contributed by atoms with E-state index in [1.54, 1.807) is 0 Å². The quantitative estimate of drug-likeness (QED) is 0.654. The Kier molecular flexibility index (Phi) is 5.20. The summed E-state index contributed by atoms with van der Waals surface area (Å²) in [7, 11) is 0. The molecule has 0 aliphatic rings. The van der Waals surface area contributed by atoms with E-state index in [0.29, 0.717) is 17.4 Å². The van der Waals surface area contributed by atoms with Crippen LogP contribution in [0.25, 0.3) is 11.1 Å². The monoisotopic (exact) mass is 340 g/mol. The van der Waals surface area contributed by atoms with Crippen LogP contribution in [0.4, 0.5) is 5.69 Å². The number of hydrogen-bond donors (Lipinski definition) is 1. The SMILES string of the molecule is CCc1cccc(C)c1NC(=O)CCSc1nc2ccccc2o1. The minimum atomic E-state index is 0.0163. The van der Waals surface area contributed by atoms with Crippen LogP contribution in [-0.2, 0) is 11.2 Å². The number of para-hydroxylation sites is 3. The van der Waals surface area contributed by atoms with E-state index in [2.05, 4.69) is 23.3 Å². The van der Waals surface area contributed by atoms with E-state index in [0.717, 1.165) is 34.3 Å². The van der Waals surface area contributed by atoms with Gasteiger partial charge in [0.1, 0.15) is 5.52 Å². The number of aryl methyl sites for hydroxylation is 2. The molecule has 0 saturated heterocycles. The molecule has 1 heterocycles. The van der Waals surface area contributed by atoms with Crippen LogP contribution in [0.3, 0.4) is 0 Å². The predicted molar refractivity (Wildman–Crippen MR) is 98.5 cm³/mol. The molecule has 124 valence electrons. The normalized spacial score (nSPS) is 10.9. The molecule has 0 fully saturated rings. The fraction of sp³-hybridized carbons (Fsp3) is 0.263. The molecule has 5 heteroatoms. The number of carbonyl (C=O) groups excluding carboxylic acids is 1. The molecule has 2 aromatic carbocycles. The summed E-state index contributed by atoms with van der Waals surface area (Å²) in [5, 5.41) is 3.64. The number of anilines is 1. The van der Waals surface area contributed by atoms with Gasteiger partial charge in [-0.3, -0.25) is 4.79 Å². The lowest BCUT2D eigenvalue weighted by Crippen LogP contribution is -2.14. The highest BCUT2D eigenvalue weighted by Crippen LogP contribution is 2.24. The molecule has 1 N–H and O–H groups in total. The number of rotatable bonds is 6. The minimum Gasteiger partial charge on any atom is -0.431 e.